The molecule has 1 aliphatic carbocycles. The van der Waals surface area contributed by atoms with Crippen molar-refractivity contribution < 1.29 is 4.79 Å². The van der Waals surface area contributed by atoms with E-state index >= 15 is 0 Å². The molecule has 1 N–H and O–H groups in total. The smallest absolute Gasteiger partial charge is 0.225 e. The topological polar surface area (TPSA) is 90.6 Å². The third kappa shape index (κ3) is 2.64. The average molecular weight is 336 g/mol. The molecule has 0 unspecified atom stereocenters. The van der Waals surface area contributed by atoms with Crippen molar-refractivity contribution in [3.63, 3.8) is 0 Å². The van der Waals surface area contributed by atoms with Crippen LogP contribution in [0.3, 0.4) is 0 Å². The zero-order valence-corrected chi connectivity index (χ0v) is 13.9. The molecule has 25 heavy (non-hydrogen) atoms. The number of rotatable bonds is 2. The van der Waals surface area contributed by atoms with Crippen molar-refractivity contribution in [3.05, 3.63) is 24.7 Å². The molecule has 1 atom stereocenters. The Bertz CT molecular complexity index is 935. The number of nitrogens with one attached hydrogen (secondary N) is 1. The quantitative estimate of drug-likeness (QED) is 0.779. The Morgan fingerprint density at radius 3 is 2.92 bits per heavy atom. The van der Waals surface area contributed by atoms with Gasteiger partial charge in [-0.1, -0.05) is 0 Å². The first-order valence-corrected chi connectivity index (χ1v) is 8.65. The molecule has 7 heteroatoms. The largest absolute Gasteiger partial charge is 0.340 e. The maximum Gasteiger partial charge on any atom is 0.225 e. The minimum absolute atomic E-state index is 0.296. The van der Waals surface area contributed by atoms with Crippen LogP contribution in [0.15, 0.2) is 24.7 Å². The molecule has 1 saturated heterocycles. The van der Waals surface area contributed by atoms with E-state index in [1.54, 1.807) is 6.20 Å². The summed E-state index contributed by atoms with van der Waals surface area (Å²) in [6.07, 6.45) is 9.97. The minimum Gasteiger partial charge on any atom is -0.340 e. The van der Waals surface area contributed by atoms with Gasteiger partial charge >= 0.3 is 0 Å². The Kier molecular flexibility index (Phi) is 3.88. The zero-order chi connectivity index (χ0) is 17.4. The maximum atomic E-state index is 12.4. The monoisotopic (exact) mass is 336 g/mol. The van der Waals surface area contributed by atoms with Crippen LogP contribution in [-0.2, 0) is 4.79 Å². The first kappa shape index (κ1) is 15.6. The summed E-state index contributed by atoms with van der Waals surface area (Å²) in [4.78, 5) is 23.2. The van der Waals surface area contributed by atoms with Gasteiger partial charge in [-0.15, -0.1) is 0 Å². The molecule has 5 rings (SSSR count). The highest BCUT2D eigenvalue weighted by Crippen LogP contribution is 2.34. The fourth-order valence-corrected chi connectivity index (χ4v) is 3.78. The van der Waals surface area contributed by atoms with Crippen molar-refractivity contribution in [2.45, 2.75) is 31.7 Å². The van der Waals surface area contributed by atoms with Gasteiger partial charge in [0.05, 0.1) is 11.6 Å². The molecule has 2 aliphatic rings. The Morgan fingerprint density at radius 1 is 1.28 bits per heavy atom. The number of aromatic amines is 1. The highest BCUT2D eigenvalue weighted by molar-refractivity contribution is 6.02. The summed E-state index contributed by atoms with van der Waals surface area (Å²) in [5.41, 5.74) is 1.94. The van der Waals surface area contributed by atoms with Crippen LogP contribution in [0.5, 0.6) is 0 Å². The lowest BCUT2D eigenvalue weighted by atomic mass is 10.0. The van der Waals surface area contributed by atoms with E-state index in [2.05, 4.69) is 31.2 Å². The summed E-state index contributed by atoms with van der Waals surface area (Å²) in [6, 6.07) is 2.31. The van der Waals surface area contributed by atoms with Crippen molar-refractivity contribution in [1.29, 1.82) is 5.26 Å². The van der Waals surface area contributed by atoms with Crippen LogP contribution in [0, 0.1) is 17.8 Å². The Hall–Kier alpha value is -2.88. The van der Waals surface area contributed by atoms with E-state index in [9.17, 15) is 4.79 Å². The molecule has 1 saturated carbocycles. The number of hydrogen-bond donors (Lipinski definition) is 1. The number of nitrogens with zero attached hydrogens (tertiary/aromatic N) is 5. The van der Waals surface area contributed by atoms with Gasteiger partial charge in [0.1, 0.15) is 0 Å². The van der Waals surface area contributed by atoms with Crippen LogP contribution < -0.4 is 0 Å². The average Bonchev–Trinajstić information content (AvgIpc) is 3.24. The van der Waals surface area contributed by atoms with E-state index in [1.807, 2.05) is 18.5 Å². The number of likely N-dealkylation sites (tertiary alicyclic amines) is 1. The molecule has 2 fully saturated rings. The van der Waals surface area contributed by atoms with E-state index in [1.165, 1.54) is 0 Å². The van der Waals surface area contributed by atoms with Crippen molar-refractivity contribution in [2.24, 2.45) is 5.92 Å². The molecule has 4 heterocycles. The van der Waals surface area contributed by atoms with Crippen LogP contribution >= 0.6 is 0 Å². The summed E-state index contributed by atoms with van der Waals surface area (Å²) < 4.78 is 2.22. The maximum absolute atomic E-state index is 12.4. The third-order valence-electron chi connectivity index (χ3n) is 5.13. The van der Waals surface area contributed by atoms with Gasteiger partial charge in [-0.2, -0.15) is 0 Å². The molecule has 128 valence electrons. The molecule has 1 amide bonds. The lowest BCUT2D eigenvalue weighted by Gasteiger charge is -2.33. The van der Waals surface area contributed by atoms with Gasteiger partial charge in [0, 0.05) is 54.9 Å². The van der Waals surface area contributed by atoms with Gasteiger partial charge in [0.2, 0.25) is 5.91 Å². The Labute approximate surface area is 145 Å². The number of carbonyl (C=O) groups is 1. The molecular weight excluding hydrogens is 316 g/mol. The van der Waals surface area contributed by atoms with Crippen molar-refractivity contribution in [2.75, 3.05) is 13.1 Å². The van der Waals surface area contributed by atoms with E-state index in [0.29, 0.717) is 17.9 Å². The fraction of sp³-hybridized carbons (Fsp3) is 0.444. The predicted octanol–water partition coefficient (Wildman–Crippen LogP) is 2.63. The van der Waals surface area contributed by atoms with Crippen molar-refractivity contribution in [1.82, 2.24) is 24.6 Å². The van der Waals surface area contributed by atoms with Gasteiger partial charge in [0.15, 0.2) is 5.65 Å². The molecule has 0 aromatic carbocycles. The van der Waals surface area contributed by atoms with Gasteiger partial charge in [0.25, 0.3) is 0 Å². The van der Waals surface area contributed by atoms with Crippen LogP contribution in [0.25, 0.3) is 21.9 Å². The lowest BCUT2D eigenvalue weighted by molar-refractivity contribution is -0.134. The molecule has 7 nitrogen and oxygen atoms in total. The Balaban J connectivity index is 0.000000758. The highest BCUT2D eigenvalue weighted by atomic mass is 16.2. The molecule has 3 aromatic heterocycles. The second-order valence-electron chi connectivity index (χ2n) is 6.74. The third-order valence-corrected chi connectivity index (χ3v) is 5.13. The number of fused-ring (bicyclic) bond motifs is 3. The SMILES string of the molecule is C#N.O=C(C1CC1)N1CCC[C@@H](n2[nH]cc3cnc4nccc4c32)C1. The number of amides is 1. The second-order valence-corrected chi connectivity index (χ2v) is 6.74. The second kappa shape index (κ2) is 6.20. The molecule has 3 aromatic rings. The number of hydrogen-bond acceptors (Lipinski definition) is 4. The fourth-order valence-electron chi connectivity index (χ4n) is 3.78. The van der Waals surface area contributed by atoms with Gasteiger partial charge in [-0.3, -0.25) is 9.48 Å². The van der Waals surface area contributed by atoms with E-state index in [4.69, 9.17) is 5.26 Å². The molecule has 0 radical (unpaired) electrons. The molecule has 1 aliphatic heterocycles. The van der Waals surface area contributed by atoms with Crippen molar-refractivity contribution >= 4 is 27.8 Å². The molecule has 0 spiro atoms. The first-order valence-electron chi connectivity index (χ1n) is 8.65. The van der Waals surface area contributed by atoms with E-state index < -0.39 is 0 Å². The molecular formula is C18H20N6O. The number of nitriles is 1. The van der Waals surface area contributed by atoms with Crippen LogP contribution in [0.4, 0.5) is 0 Å². The highest BCUT2D eigenvalue weighted by Gasteiger charge is 2.36. The normalized spacial score (nSPS) is 20.4. The standard InChI is InChI=1S/C17H19N5O.CHN/c23-17(11-3-4-11)21-7-1-2-13(10-21)22-15-12(9-20-22)8-19-16-14(15)5-6-18-16;1-2/h5-6,8-9,11,13,20H,1-4,7,10H2;1H/t13-;/m1./s1. The summed E-state index contributed by atoms with van der Waals surface area (Å²) in [7, 11) is 0. The van der Waals surface area contributed by atoms with Crippen LogP contribution in [0.2, 0.25) is 0 Å². The van der Waals surface area contributed by atoms with E-state index in [-0.39, 0.29) is 0 Å². The summed E-state index contributed by atoms with van der Waals surface area (Å²) >= 11 is 0. The van der Waals surface area contributed by atoms with Gasteiger partial charge < -0.3 is 10.00 Å². The van der Waals surface area contributed by atoms with Gasteiger partial charge in [-0.25, -0.2) is 15.2 Å². The van der Waals surface area contributed by atoms with Crippen LogP contribution in [-0.4, -0.2) is 43.6 Å². The number of carbonyl (C=O) groups excluding carboxylic acids is 1. The number of aromatic nitrogens is 4. The number of H-pyrrole nitrogens is 1. The van der Waals surface area contributed by atoms with Crippen molar-refractivity contribution in [3.8, 4) is 6.57 Å². The summed E-state index contributed by atoms with van der Waals surface area (Å²) in [6.45, 7) is 5.20. The number of pyridine rings is 1. The minimum atomic E-state index is 0.296. The first-order chi connectivity index (χ1) is 12.3. The number of piperidine rings is 1. The summed E-state index contributed by atoms with van der Waals surface area (Å²) in [5.74, 6) is 0.655. The van der Waals surface area contributed by atoms with E-state index in [0.717, 1.165) is 60.7 Å². The van der Waals surface area contributed by atoms with Gasteiger partial charge in [-0.05, 0) is 31.7 Å². The molecule has 0 bridgehead atoms. The Morgan fingerprint density at radius 2 is 2.12 bits per heavy atom. The lowest BCUT2D eigenvalue weighted by Crippen LogP contribution is -2.41. The zero-order valence-electron chi connectivity index (χ0n) is 13.9. The summed E-state index contributed by atoms with van der Waals surface area (Å²) in [5, 5.41) is 12.1. The predicted molar refractivity (Wildman–Crippen MR) is 93.6 cm³/mol. The van der Waals surface area contributed by atoms with Crippen LogP contribution in [0.1, 0.15) is 31.7 Å².